The van der Waals surface area contributed by atoms with Crippen LogP contribution in [0.5, 0.6) is 5.75 Å². The third kappa shape index (κ3) is 10.9. The molecule has 1 unspecified atom stereocenters. The van der Waals surface area contributed by atoms with Gasteiger partial charge < -0.3 is 15.4 Å². The number of hydrogen-bond donors (Lipinski definition) is 2. The van der Waals surface area contributed by atoms with Crippen molar-refractivity contribution in [2.45, 2.75) is 125 Å². The standard InChI is InChI=1S/C17H25NO2.C14H20O.C6H13N/c1-4-13-6-8-14(9-7-13)17(19)18-15-10-5-12(2)16(11-15)20-3;1-6-13-10(4)7-12(9(2)3)8-14(13)11(5)15;1-2-6-4-3-5-7-6/h5,10-11,13-14H,4,6-9H2,1-3H3,(H,18,19);7-9H,6H2,1-5H3;6-7H,2-5H2,1H3. The topological polar surface area (TPSA) is 67.4 Å². The zero-order valence-corrected chi connectivity index (χ0v) is 28.0. The van der Waals surface area contributed by atoms with E-state index in [1.165, 1.54) is 61.8 Å². The second-order valence-electron chi connectivity index (χ2n) is 12.4. The highest BCUT2D eigenvalue weighted by Crippen LogP contribution is 2.32. The molecule has 2 aliphatic rings. The average Bonchev–Trinajstić information content (AvgIpc) is 3.52. The van der Waals surface area contributed by atoms with Gasteiger partial charge in [-0.15, -0.1) is 0 Å². The molecule has 5 heteroatoms. The summed E-state index contributed by atoms with van der Waals surface area (Å²) in [4.78, 5) is 23.8. The number of methoxy groups -OCH3 is 1. The molecule has 4 rings (SSSR count). The Labute approximate surface area is 256 Å². The SMILES string of the molecule is CCC1CCC(C(=O)Nc2ccc(C)c(OC)c2)CC1.CCC1CCCN1.CCc1c(C)cc(C(C)C)cc1C(C)=O. The van der Waals surface area contributed by atoms with Gasteiger partial charge in [0, 0.05) is 29.3 Å². The zero-order chi connectivity index (χ0) is 31.2. The minimum absolute atomic E-state index is 0.158. The maximum Gasteiger partial charge on any atom is 0.227 e. The molecule has 1 saturated heterocycles. The number of hydrogen-bond acceptors (Lipinski definition) is 4. The van der Waals surface area contributed by atoms with Crippen molar-refractivity contribution in [3.63, 3.8) is 0 Å². The van der Waals surface area contributed by atoms with E-state index in [4.69, 9.17) is 4.74 Å². The first-order chi connectivity index (χ1) is 20.0. The summed E-state index contributed by atoms with van der Waals surface area (Å²) in [5.41, 5.74) is 6.51. The summed E-state index contributed by atoms with van der Waals surface area (Å²) in [6.45, 7) is 17.9. The fourth-order valence-electron chi connectivity index (χ4n) is 6.04. The van der Waals surface area contributed by atoms with Crippen molar-refractivity contribution in [3.05, 3.63) is 58.1 Å². The number of rotatable bonds is 8. The molecule has 0 aromatic heterocycles. The van der Waals surface area contributed by atoms with E-state index in [2.05, 4.69) is 64.3 Å². The van der Waals surface area contributed by atoms with E-state index in [1.807, 2.05) is 25.1 Å². The van der Waals surface area contributed by atoms with Gasteiger partial charge in [-0.3, -0.25) is 9.59 Å². The van der Waals surface area contributed by atoms with Crippen LogP contribution in [0.15, 0.2) is 30.3 Å². The van der Waals surface area contributed by atoms with Crippen molar-refractivity contribution >= 4 is 17.4 Å². The lowest BCUT2D eigenvalue weighted by molar-refractivity contribution is -0.121. The second kappa shape index (κ2) is 18.1. The Morgan fingerprint density at radius 1 is 0.952 bits per heavy atom. The summed E-state index contributed by atoms with van der Waals surface area (Å²) in [6.07, 6.45) is 10.7. The highest BCUT2D eigenvalue weighted by atomic mass is 16.5. The molecule has 1 aliphatic heterocycles. The van der Waals surface area contributed by atoms with Gasteiger partial charge in [-0.25, -0.2) is 0 Å². The van der Waals surface area contributed by atoms with Crippen molar-refractivity contribution in [3.8, 4) is 5.75 Å². The second-order valence-corrected chi connectivity index (χ2v) is 12.4. The highest BCUT2D eigenvalue weighted by Gasteiger charge is 2.25. The molecule has 0 radical (unpaired) electrons. The minimum atomic E-state index is 0.158. The van der Waals surface area contributed by atoms with Crippen LogP contribution in [0.3, 0.4) is 0 Å². The Balaban J connectivity index is 0.000000245. The quantitative estimate of drug-likeness (QED) is 0.306. The fraction of sp³-hybridized carbons (Fsp3) is 0.622. The van der Waals surface area contributed by atoms with Crippen molar-refractivity contribution in [1.82, 2.24) is 5.32 Å². The molecule has 234 valence electrons. The van der Waals surface area contributed by atoms with Gasteiger partial charge in [0.2, 0.25) is 5.91 Å². The molecule has 1 amide bonds. The van der Waals surface area contributed by atoms with E-state index < -0.39 is 0 Å². The number of benzene rings is 2. The first-order valence-corrected chi connectivity index (χ1v) is 16.4. The monoisotopic (exact) mass is 578 g/mol. The van der Waals surface area contributed by atoms with Crippen molar-refractivity contribution in [2.24, 2.45) is 11.8 Å². The van der Waals surface area contributed by atoms with Crippen LogP contribution in [-0.2, 0) is 11.2 Å². The molecule has 2 aromatic carbocycles. The molecule has 1 atom stereocenters. The van der Waals surface area contributed by atoms with Crippen LogP contribution in [-0.4, -0.2) is 31.4 Å². The third-order valence-electron chi connectivity index (χ3n) is 9.02. The highest BCUT2D eigenvalue weighted by molar-refractivity contribution is 5.96. The van der Waals surface area contributed by atoms with Gasteiger partial charge >= 0.3 is 0 Å². The van der Waals surface area contributed by atoms with E-state index in [0.717, 1.165) is 53.8 Å². The number of ketones is 1. The van der Waals surface area contributed by atoms with E-state index in [1.54, 1.807) is 14.0 Å². The summed E-state index contributed by atoms with van der Waals surface area (Å²) in [7, 11) is 1.65. The maximum absolute atomic E-state index is 12.3. The molecular weight excluding hydrogens is 520 g/mol. The smallest absolute Gasteiger partial charge is 0.227 e. The Hall–Kier alpha value is -2.66. The lowest BCUT2D eigenvalue weighted by atomic mass is 9.80. The maximum atomic E-state index is 12.3. The molecule has 0 bridgehead atoms. The van der Waals surface area contributed by atoms with Crippen molar-refractivity contribution < 1.29 is 14.3 Å². The number of nitrogens with one attached hydrogen (secondary N) is 2. The van der Waals surface area contributed by atoms with Crippen LogP contribution >= 0.6 is 0 Å². The van der Waals surface area contributed by atoms with Crippen LogP contribution in [0, 0.1) is 25.7 Å². The molecule has 5 nitrogen and oxygen atoms in total. The van der Waals surface area contributed by atoms with Crippen molar-refractivity contribution in [2.75, 3.05) is 19.0 Å². The van der Waals surface area contributed by atoms with E-state index in [-0.39, 0.29) is 17.6 Å². The van der Waals surface area contributed by atoms with Crippen LogP contribution < -0.4 is 15.4 Å². The Morgan fingerprint density at radius 2 is 1.64 bits per heavy atom. The minimum Gasteiger partial charge on any atom is -0.496 e. The number of ether oxygens (including phenoxy) is 1. The van der Waals surface area contributed by atoms with E-state index >= 15 is 0 Å². The Morgan fingerprint density at radius 3 is 2.12 bits per heavy atom. The first-order valence-electron chi connectivity index (χ1n) is 16.4. The van der Waals surface area contributed by atoms with Crippen LogP contribution in [0.2, 0.25) is 0 Å². The molecule has 1 heterocycles. The largest absolute Gasteiger partial charge is 0.496 e. The normalized spacial score (nSPS) is 19.7. The van der Waals surface area contributed by atoms with Crippen molar-refractivity contribution in [1.29, 1.82) is 0 Å². The van der Waals surface area contributed by atoms with E-state index in [0.29, 0.717) is 5.92 Å². The number of amides is 1. The van der Waals surface area contributed by atoms with Gasteiger partial charge in [-0.1, -0.05) is 53.2 Å². The molecule has 42 heavy (non-hydrogen) atoms. The molecule has 2 fully saturated rings. The average molecular weight is 579 g/mol. The van der Waals surface area contributed by atoms with Gasteiger partial charge in [-0.2, -0.15) is 0 Å². The number of anilines is 1. The fourth-order valence-corrected chi connectivity index (χ4v) is 6.04. The Kier molecular flexibility index (Phi) is 15.3. The lowest BCUT2D eigenvalue weighted by Gasteiger charge is -2.27. The summed E-state index contributed by atoms with van der Waals surface area (Å²) < 4.78 is 5.29. The van der Waals surface area contributed by atoms with Crippen LogP contribution in [0.25, 0.3) is 0 Å². The van der Waals surface area contributed by atoms with Crippen LogP contribution in [0.1, 0.15) is 131 Å². The first kappa shape index (κ1) is 35.5. The molecular formula is C37H58N2O3. The number of Topliss-reactive ketones (excluding diaryl/α,β-unsaturated/α-hetero) is 1. The number of carbonyl (C=O) groups excluding carboxylic acids is 2. The predicted molar refractivity (Wildman–Crippen MR) is 178 cm³/mol. The van der Waals surface area contributed by atoms with Gasteiger partial charge in [0.15, 0.2) is 5.78 Å². The number of carbonyl (C=O) groups is 2. The molecule has 2 aromatic rings. The molecule has 0 spiro atoms. The lowest BCUT2D eigenvalue weighted by Crippen LogP contribution is -2.27. The zero-order valence-electron chi connectivity index (χ0n) is 28.0. The number of aryl methyl sites for hydroxylation is 2. The third-order valence-corrected chi connectivity index (χ3v) is 9.02. The van der Waals surface area contributed by atoms with Gasteiger partial charge in [-0.05, 0) is 125 Å². The molecule has 1 aliphatic carbocycles. The molecule has 2 N–H and O–H groups in total. The Bertz CT molecular complexity index is 1130. The van der Waals surface area contributed by atoms with Crippen LogP contribution in [0.4, 0.5) is 5.69 Å². The predicted octanol–water partition coefficient (Wildman–Crippen LogP) is 9.19. The van der Waals surface area contributed by atoms with Gasteiger partial charge in [0.1, 0.15) is 5.75 Å². The summed E-state index contributed by atoms with van der Waals surface area (Å²) >= 11 is 0. The van der Waals surface area contributed by atoms with Gasteiger partial charge in [0.25, 0.3) is 0 Å². The summed E-state index contributed by atoms with van der Waals surface area (Å²) in [5, 5.41) is 6.43. The van der Waals surface area contributed by atoms with Gasteiger partial charge in [0.05, 0.1) is 7.11 Å². The summed E-state index contributed by atoms with van der Waals surface area (Å²) in [5.74, 6) is 2.62. The van der Waals surface area contributed by atoms with E-state index in [9.17, 15) is 9.59 Å². The summed E-state index contributed by atoms with van der Waals surface area (Å²) in [6, 6.07) is 10.9. The molecule has 1 saturated carbocycles.